The van der Waals surface area contributed by atoms with Crippen LogP contribution in [0, 0.1) is 0 Å². The molecule has 0 unspecified atom stereocenters. The van der Waals surface area contributed by atoms with E-state index in [9.17, 15) is 0 Å². The summed E-state index contributed by atoms with van der Waals surface area (Å²) in [6.07, 6.45) is 8.59. The summed E-state index contributed by atoms with van der Waals surface area (Å²) in [6, 6.07) is 56.1. The first-order chi connectivity index (χ1) is 26.7. The van der Waals surface area contributed by atoms with Crippen molar-refractivity contribution in [1.29, 1.82) is 0 Å². The molecule has 9 aromatic rings. The van der Waals surface area contributed by atoms with Crippen LogP contribution < -0.4 is 0 Å². The number of hydrogen-bond donors (Lipinski definition) is 2. The average molecular weight is 689 g/mol. The summed E-state index contributed by atoms with van der Waals surface area (Å²) in [6.45, 7) is 0. The molecule has 2 aliphatic heterocycles. The molecule has 0 saturated carbocycles. The van der Waals surface area contributed by atoms with Crippen molar-refractivity contribution >= 4 is 78.7 Å². The van der Waals surface area contributed by atoms with Gasteiger partial charge in [-0.1, -0.05) is 127 Å². The molecule has 0 saturated heterocycles. The molecule has 54 heavy (non-hydrogen) atoms. The number of fused-ring (bicyclic) bond motifs is 11. The van der Waals surface area contributed by atoms with E-state index < -0.39 is 0 Å². The molecule has 0 amide bonds. The molecular formula is C50H32N4. The molecule has 6 aromatic carbocycles. The fourth-order valence-corrected chi connectivity index (χ4v) is 8.32. The number of aromatic amines is 2. The highest BCUT2D eigenvalue weighted by Gasteiger charge is 2.19. The molecule has 4 nitrogen and oxygen atoms in total. The minimum atomic E-state index is 0.887. The number of benzene rings is 6. The van der Waals surface area contributed by atoms with Gasteiger partial charge in [0.1, 0.15) is 0 Å². The van der Waals surface area contributed by atoms with Crippen molar-refractivity contribution in [3.05, 3.63) is 181 Å². The Labute approximate surface area is 311 Å². The summed E-state index contributed by atoms with van der Waals surface area (Å²) in [7, 11) is 0. The van der Waals surface area contributed by atoms with Crippen LogP contribution in [0.4, 0.5) is 0 Å². The molecule has 8 bridgehead atoms. The van der Waals surface area contributed by atoms with Gasteiger partial charge in [0.2, 0.25) is 0 Å². The molecule has 2 N–H and O–H groups in total. The monoisotopic (exact) mass is 688 g/mol. The van der Waals surface area contributed by atoms with Gasteiger partial charge in [-0.2, -0.15) is 0 Å². The van der Waals surface area contributed by atoms with Crippen LogP contribution in [0.5, 0.6) is 0 Å². The maximum atomic E-state index is 5.52. The van der Waals surface area contributed by atoms with Crippen LogP contribution in [-0.4, -0.2) is 19.9 Å². The second kappa shape index (κ2) is 12.1. The quantitative estimate of drug-likeness (QED) is 0.194. The summed E-state index contributed by atoms with van der Waals surface area (Å²) in [5, 5.41) is 7.10. The largest absolute Gasteiger partial charge is 0.355 e. The van der Waals surface area contributed by atoms with Gasteiger partial charge in [-0.05, 0) is 104 Å². The van der Waals surface area contributed by atoms with E-state index in [1.165, 1.54) is 32.3 Å². The van der Waals surface area contributed by atoms with Crippen LogP contribution in [0.15, 0.2) is 158 Å². The van der Waals surface area contributed by atoms with Gasteiger partial charge >= 0.3 is 0 Å². The Morgan fingerprint density at radius 1 is 0.333 bits per heavy atom. The highest BCUT2D eigenvalue weighted by Crippen LogP contribution is 2.40. The molecule has 0 atom stereocenters. The molecule has 2 aliphatic rings. The standard InChI is InChI=1S/C50H32N4/c1-4-16-36-31(10-1)13-7-19-39(36)48-42-24-22-34(51-42)30-35-23-25-43(52-35)49(40-20-8-14-32-11-2-5-17-37(32)40)45-27-29-47(54-45)50(46-28-26-44(48)53-46)41-21-9-15-33-12-3-6-18-38(33)41/h1-30,51,54H. The normalized spacial score (nSPS) is 12.3. The summed E-state index contributed by atoms with van der Waals surface area (Å²) in [5.74, 6) is 0. The first-order valence-electron chi connectivity index (χ1n) is 18.3. The lowest BCUT2D eigenvalue weighted by atomic mass is 9.97. The summed E-state index contributed by atoms with van der Waals surface area (Å²) >= 11 is 0. The molecule has 3 aromatic heterocycles. The number of rotatable bonds is 3. The van der Waals surface area contributed by atoms with Gasteiger partial charge in [-0.15, -0.1) is 0 Å². The van der Waals surface area contributed by atoms with Gasteiger partial charge < -0.3 is 9.97 Å². The zero-order chi connectivity index (χ0) is 35.6. The zero-order valence-corrected chi connectivity index (χ0v) is 29.2. The lowest BCUT2D eigenvalue weighted by Crippen LogP contribution is -1.90. The van der Waals surface area contributed by atoms with Gasteiger partial charge in [-0.25, -0.2) is 9.97 Å². The first-order valence-corrected chi connectivity index (χ1v) is 18.3. The van der Waals surface area contributed by atoms with Crippen LogP contribution in [0.2, 0.25) is 0 Å². The molecule has 11 rings (SSSR count). The molecule has 252 valence electrons. The number of nitrogens with one attached hydrogen (secondary N) is 2. The minimum absolute atomic E-state index is 0.887. The van der Waals surface area contributed by atoms with Crippen molar-refractivity contribution in [3.63, 3.8) is 0 Å². The fourth-order valence-electron chi connectivity index (χ4n) is 8.32. The fraction of sp³-hybridized carbons (Fsp3) is 0. The highest BCUT2D eigenvalue weighted by molar-refractivity contribution is 6.08. The average Bonchev–Trinajstić information content (AvgIpc) is 4.06. The lowest BCUT2D eigenvalue weighted by Gasteiger charge is -2.10. The molecular weight excluding hydrogens is 657 g/mol. The third-order valence-corrected chi connectivity index (χ3v) is 10.8. The van der Waals surface area contributed by atoms with Crippen molar-refractivity contribution in [2.75, 3.05) is 0 Å². The third kappa shape index (κ3) is 4.92. The smallest absolute Gasteiger partial charge is 0.0737 e. The topological polar surface area (TPSA) is 57.4 Å². The Hall–Kier alpha value is -7.30. The lowest BCUT2D eigenvalue weighted by molar-refractivity contribution is 1.31. The summed E-state index contributed by atoms with van der Waals surface area (Å²) < 4.78 is 0. The minimum Gasteiger partial charge on any atom is -0.355 e. The van der Waals surface area contributed by atoms with Gasteiger partial charge in [0, 0.05) is 38.8 Å². The predicted octanol–water partition coefficient (Wildman–Crippen LogP) is 13.1. The van der Waals surface area contributed by atoms with Crippen molar-refractivity contribution in [1.82, 2.24) is 19.9 Å². The highest BCUT2D eigenvalue weighted by atomic mass is 14.8. The number of nitrogens with zero attached hydrogens (tertiary/aromatic N) is 2. The van der Waals surface area contributed by atoms with Crippen LogP contribution in [0.1, 0.15) is 22.8 Å². The summed E-state index contributed by atoms with van der Waals surface area (Å²) in [5.41, 5.74) is 14.1. The Balaban J connectivity index is 1.32. The molecule has 0 fully saturated rings. The molecule has 0 aliphatic carbocycles. The van der Waals surface area contributed by atoms with Crippen LogP contribution >= 0.6 is 0 Å². The number of hydrogen-bond acceptors (Lipinski definition) is 2. The van der Waals surface area contributed by atoms with Crippen LogP contribution in [0.3, 0.4) is 0 Å². The molecule has 5 heterocycles. The van der Waals surface area contributed by atoms with Crippen LogP contribution in [-0.2, 0) is 0 Å². The molecule has 0 radical (unpaired) electrons. The van der Waals surface area contributed by atoms with E-state index in [-0.39, 0.29) is 0 Å². The van der Waals surface area contributed by atoms with E-state index in [0.717, 1.165) is 78.2 Å². The summed E-state index contributed by atoms with van der Waals surface area (Å²) in [4.78, 5) is 18.4. The van der Waals surface area contributed by atoms with E-state index in [1.807, 2.05) is 0 Å². The van der Waals surface area contributed by atoms with Crippen molar-refractivity contribution in [2.24, 2.45) is 0 Å². The van der Waals surface area contributed by atoms with E-state index in [0.29, 0.717) is 0 Å². The van der Waals surface area contributed by atoms with E-state index in [2.05, 4.69) is 192 Å². The van der Waals surface area contributed by atoms with Crippen molar-refractivity contribution in [3.8, 4) is 33.4 Å². The zero-order valence-electron chi connectivity index (χ0n) is 29.2. The van der Waals surface area contributed by atoms with Gasteiger partial charge in [-0.3, -0.25) is 0 Å². The van der Waals surface area contributed by atoms with Gasteiger partial charge in [0.15, 0.2) is 0 Å². The maximum absolute atomic E-state index is 5.52. The van der Waals surface area contributed by atoms with E-state index in [1.54, 1.807) is 0 Å². The SMILES string of the molecule is C1=Cc2nc1cc1ccc([nH]1)c(-c1cccc3ccccc13)c1nc(c(-c3cccc4ccccc34)c3ccc([nH]3)c2-c2cccc3ccccc23)C=C1. The van der Waals surface area contributed by atoms with Crippen molar-refractivity contribution < 1.29 is 0 Å². The van der Waals surface area contributed by atoms with Gasteiger partial charge in [0.05, 0.1) is 22.8 Å². The number of aromatic nitrogens is 4. The van der Waals surface area contributed by atoms with Crippen molar-refractivity contribution in [2.45, 2.75) is 0 Å². The van der Waals surface area contributed by atoms with E-state index in [4.69, 9.17) is 9.97 Å². The first kappa shape index (κ1) is 30.3. The van der Waals surface area contributed by atoms with Gasteiger partial charge in [0.25, 0.3) is 0 Å². The van der Waals surface area contributed by atoms with E-state index >= 15 is 0 Å². The second-order valence-electron chi connectivity index (χ2n) is 13.9. The predicted molar refractivity (Wildman–Crippen MR) is 228 cm³/mol. The van der Waals surface area contributed by atoms with Crippen LogP contribution in [0.25, 0.3) is 112 Å². The Morgan fingerprint density at radius 3 is 1.26 bits per heavy atom. The number of H-pyrrole nitrogens is 2. The Kier molecular flexibility index (Phi) is 6.82. The molecule has 0 spiro atoms. The third-order valence-electron chi connectivity index (χ3n) is 10.8. The second-order valence-corrected chi connectivity index (χ2v) is 13.9. The molecule has 4 heteroatoms. The Bertz CT molecular complexity index is 3140. The maximum Gasteiger partial charge on any atom is 0.0737 e. The Morgan fingerprint density at radius 2 is 0.741 bits per heavy atom.